The van der Waals surface area contributed by atoms with E-state index in [-0.39, 0.29) is 6.04 Å². The molecule has 8 aromatic rings. The van der Waals surface area contributed by atoms with Crippen molar-refractivity contribution in [1.29, 1.82) is 5.26 Å². The average molecular weight is 665 g/mol. The Bertz CT molecular complexity index is 2570. The van der Waals surface area contributed by atoms with E-state index in [1.807, 2.05) is 60.7 Å². The van der Waals surface area contributed by atoms with Crippen LogP contribution in [0.2, 0.25) is 0 Å². The Hall–Kier alpha value is -7.09. The third-order valence-electron chi connectivity index (χ3n) is 9.75. The Balaban J connectivity index is 1.19. The largest absolute Gasteiger partial charge is 0.374 e. The SMILES string of the molecule is N#Cc1ccc(C2C=C(c3ccccc3)c3c(c(-c4ccc(-c5nc(-c6ccccc6)cc(-c6ccccc6)n5)cc4)cc4ccccc34)N2)cc1. The molecule has 1 aliphatic rings. The van der Waals surface area contributed by atoms with Gasteiger partial charge in [0, 0.05) is 27.8 Å². The lowest BCUT2D eigenvalue weighted by Gasteiger charge is -2.30. The van der Waals surface area contributed by atoms with E-state index in [1.54, 1.807) is 0 Å². The molecule has 4 heteroatoms. The topological polar surface area (TPSA) is 61.6 Å². The summed E-state index contributed by atoms with van der Waals surface area (Å²) in [5.74, 6) is 0.681. The van der Waals surface area contributed by atoms with Crippen molar-refractivity contribution in [2.75, 3.05) is 5.32 Å². The lowest BCUT2D eigenvalue weighted by molar-refractivity contribution is 0.974. The van der Waals surface area contributed by atoms with Crippen molar-refractivity contribution in [1.82, 2.24) is 9.97 Å². The fourth-order valence-corrected chi connectivity index (χ4v) is 7.14. The number of nitrogens with one attached hydrogen (secondary N) is 1. The van der Waals surface area contributed by atoms with Gasteiger partial charge >= 0.3 is 0 Å². The molecule has 244 valence electrons. The lowest BCUT2D eigenvalue weighted by atomic mass is 9.83. The molecule has 1 N–H and O–H groups in total. The van der Waals surface area contributed by atoms with Gasteiger partial charge in [0.15, 0.2) is 5.82 Å². The maximum atomic E-state index is 9.46. The summed E-state index contributed by atoms with van der Waals surface area (Å²) >= 11 is 0. The smallest absolute Gasteiger partial charge is 0.160 e. The molecule has 0 amide bonds. The molecular formula is C48H32N4. The minimum atomic E-state index is -0.0971. The van der Waals surface area contributed by atoms with Gasteiger partial charge in [-0.15, -0.1) is 0 Å². The summed E-state index contributed by atoms with van der Waals surface area (Å²) in [6.45, 7) is 0. The van der Waals surface area contributed by atoms with Crippen LogP contribution in [0, 0.1) is 11.3 Å². The zero-order valence-electron chi connectivity index (χ0n) is 28.2. The van der Waals surface area contributed by atoms with E-state index >= 15 is 0 Å². The Labute approximate surface area is 303 Å². The van der Waals surface area contributed by atoms with Crippen molar-refractivity contribution in [3.63, 3.8) is 0 Å². The molecule has 52 heavy (non-hydrogen) atoms. The van der Waals surface area contributed by atoms with Crippen LogP contribution in [0.3, 0.4) is 0 Å². The number of anilines is 1. The van der Waals surface area contributed by atoms with E-state index in [1.165, 1.54) is 21.9 Å². The summed E-state index contributed by atoms with van der Waals surface area (Å²) in [6, 6.07) is 62.8. The van der Waals surface area contributed by atoms with Crippen LogP contribution < -0.4 is 5.32 Å². The van der Waals surface area contributed by atoms with Crippen molar-refractivity contribution in [3.05, 3.63) is 204 Å². The van der Waals surface area contributed by atoms with Gasteiger partial charge in [-0.1, -0.05) is 152 Å². The van der Waals surface area contributed by atoms with Crippen LogP contribution in [0.15, 0.2) is 182 Å². The molecule has 4 nitrogen and oxygen atoms in total. The lowest BCUT2D eigenvalue weighted by Crippen LogP contribution is -2.16. The number of hydrogen-bond acceptors (Lipinski definition) is 4. The summed E-state index contributed by atoms with van der Waals surface area (Å²) in [6.07, 6.45) is 2.32. The van der Waals surface area contributed by atoms with Gasteiger partial charge in [0.2, 0.25) is 0 Å². The predicted molar refractivity (Wildman–Crippen MR) is 212 cm³/mol. The highest BCUT2D eigenvalue weighted by molar-refractivity contribution is 6.09. The van der Waals surface area contributed by atoms with Crippen molar-refractivity contribution < 1.29 is 0 Å². The number of nitriles is 1. The Morgan fingerprint density at radius 1 is 0.519 bits per heavy atom. The first-order valence-corrected chi connectivity index (χ1v) is 17.4. The second-order valence-corrected chi connectivity index (χ2v) is 13.0. The van der Waals surface area contributed by atoms with E-state index in [2.05, 4.69) is 133 Å². The molecule has 7 aromatic carbocycles. The first-order chi connectivity index (χ1) is 25.7. The Kier molecular flexibility index (Phi) is 7.92. The van der Waals surface area contributed by atoms with Crippen LogP contribution in [0.4, 0.5) is 5.69 Å². The molecule has 1 unspecified atom stereocenters. The fourth-order valence-electron chi connectivity index (χ4n) is 7.14. The molecule has 0 aliphatic carbocycles. The van der Waals surface area contributed by atoms with Gasteiger partial charge < -0.3 is 5.32 Å². The molecule has 0 saturated carbocycles. The van der Waals surface area contributed by atoms with Gasteiger partial charge in [0.25, 0.3) is 0 Å². The molecule has 9 rings (SSSR count). The Morgan fingerprint density at radius 3 is 1.69 bits per heavy atom. The summed E-state index contributed by atoms with van der Waals surface area (Å²) in [5, 5.41) is 15.8. The van der Waals surface area contributed by atoms with Crippen molar-refractivity contribution in [2.24, 2.45) is 0 Å². The van der Waals surface area contributed by atoms with Crippen LogP contribution in [-0.4, -0.2) is 9.97 Å². The maximum absolute atomic E-state index is 9.46. The van der Waals surface area contributed by atoms with E-state index in [0.29, 0.717) is 11.4 Å². The molecule has 0 fully saturated rings. The first kappa shape index (κ1) is 30.9. The van der Waals surface area contributed by atoms with Crippen molar-refractivity contribution in [3.8, 4) is 51.1 Å². The normalized spacial score (nSPS) is 13.4. The Morgan fingerprint density at radius 2 is 1.08 bits per heavy atom. The molecule has 1 aromatic heterocycles. The first-order valence-electron chi connectivity index (χ1n) is 17.4. The molecule has 1 aliphatic heterocycles. The number of aromatic nitrogens is 2. The zero-order valence-corrected chi connectivity index (χ0v) is 28.2. The molecule has 2 heterocycles. The van der Waals surface area contributed by atoms with Crippen LogP contribution >= 0.6 is 0 Å². The van der Waals surface area contributed by atoms with Crippen molar-refractivity contribution >= 4 is 22.0 Å². The molecule has 0 saturated heterocycles. The quantitative estimate of drug-likeness (QED) is 0.192. The monoisotopic (exact) mass is 664 g/mol. The number of nitrogens with zero attached hydrogens (tertiary/aromatic N) is 3. The molecular weight excluding hydrogens is 633 g/mol. The van der Waals surface area contributed by atoms with E-state index in [4.69, 9.17) is 9.97 Å². The standard InChI is InChI=1S/C48H32N4/c49-31-32-20-22-37(23-21-32)43-29-41(33-12-4-1-5-13-33)46-40-19-11-10-18-39(40)28-42(47(46)50-43)34-24-26-38(27-25-34)48-51-44(35-14-6-2-7-15-35)30-45(52-48)36-16-8-3-9-17-36/h1-30,43,50H. The summed E-state index contributed by atoms with van der Waals surface area (Å²) < 4.78 is 0. The summed E-state index contributed by atoms with van der Waals surface area (Å²) in [4.78, 5) is 10.1. The van der Waals surface area contributed by atoms with Gasteiger partial charge in [-0.25, -0.2) is 9.97 Å². The average Bonchev–Trinajstić information content (AvgIpc) is 3.24. The van der Waals surface area contributed by atoms with E-state index < -0.39 is 0 Å². The third kappa shape index (κ3) is 5.81. The molecule has 0 spiro atoms. The van der Waals surface area contributed by atoms with Crippen molar-refractivity contribution in [2.45, 2.75) is 6.04 Å². The summed E-state index contributed by atoms with van der Waals surface area (Å²) in [7, 11) is 0. The fraction of sp³-hybridized carbons (Fsp3) is 0.0208. The second kappa shape index (κ2) is 13.3. The second-order valence-electron chi connectivity index (χ2n) is 13.0. The van der Waals surface area contributed by atoms with Crippen LogP contribution in [0.25, 0.3) is 61.4 Å². The molecule has 0 bridgehead atoms. The number of hydrogen-bond donors (Lipinski definition) is 1. The van der Waals surface area contributed by atoms with Crippen LogP contribution in [0.1, 0.15) is 28.3 Å². The van der Waals surface area contributed by atoms with Gasteiger partial charge in [-0.2, -0.15) is 5.26 Å². The van der Waals surface area contributed by atoms with Crippen LogP contribution in [-0.2, 0) is 0 Å². The number of benzene rings is 7. The van der Waals surface area contributed by atoms with E-state index in [9.17, 15) is 5.26 Å². The molecule has 0 radical (unpaired) electrons. The zero-order chi connectivity index (χ0) is 34.9. The highest BCUT2D eigenvalue weighted by Crippen LogP contribution is 2.47. The van der Waals surface area contributed by atoms with E-state index in [0.717, 1.165) is 56.0 Å². The maximum Gasteiger partial charge on any atom is 0.160 e. The number of fused-ring (bicyclic) bond motifs is 3. The highest BCUT2D eigenvalue weighted by Gasteiger charge is 2.26. The molecule has 1 atom stereocenters. The van der Waals surface area contributed by atoms with Gasteiger partial charge in [0.05, 0.1) is 34.7 Å². The summed E-state index contributed by atoms with van der Waals surface area (Å²) in [5.41, 5.74) is 13.4. The van der Waals surface area contributed by atoms with Crippen LogP contribution in [0.5, 0.6) is 0 Å². The number of rotatable bonds is 6. The minimum absolute atomic E-state index is 0.0971. The van der Waals surface area contributed by atoms with Gasteiger partial charge in [-0.05, 0) is 63.4 Å². The van der Waals surface area contributed by atoms with Gasteiger partial charge in [-0.3, -0.25) is 0 Å². The van der Waals surface area contributed by atoms with Gasteiger partial charge in [0.1, 0.15) is 0 Å². The minimum Gasteiger partial charge on any atom is -0.374 e. The highest BCUT2D eigenvalue weighted by atomic mass is 14.9. The third-order valence-corrected chi connectivity index (χ3v) is 9.75. The predicted octanol–water partition coefficient (Wildman–Crippen LogP) is 11.8.